The van der Waals surface area contributed by atoms with Gasteiger partial charge in [-0.05, 0) is 47.7 Å². The Labute approximate surface area is 134 Å². The minimum atomic E-state index is 0.00732. The van der Waals surface area contributed by atoms with E-state index < -0.39 is 0 Å². The molecule has 0 spiro atoms. The van der Waals surface area contributed by atoms with Gasteiger partial charge in [0.2, 0.25) is 0 Å². The topological polar surface area (TPSA) is 52.5 Å². The molecule has 1 aliphatic rings. The second kappa shape index (κ2) is 8.56. The summed E-state index contributed by atoms with van der Waals surface area (Å²) in [6.07, 6.45) is 6.19. The lowest BCUT2D eigenvalue weighted by molar-refractivity contribution is 0.0686. The molecule has 1 aromatic rings. The number of carbonyl (C=O) groups is 1. The highest BCUT2D eigenvalue weighted by Crippen LogP contribution is 2.37. The van der Waals surface area contributed by atoms with Gasteiger partial charge in [-0.3, -0.25) is 4.79 Å². The third-order valence-electron chi connectivity index (χ3n) is 3.42. The highest BCUT2D eigenvalue weighted by Gasteiger charge is 2.27. The van der Waals surface area contributed by atoms with Crippen molar-refractivity contribution in [2.75, 3.05) is 33.5 Å². The molecule has 0 radical (unpaired) electrons. The van der Waals surface area contributed by atoms with Crippen molar-refractivity contribution in [2.45, 2.75) is 31.7 Å². The van der Waals surface area contributed by atoms with Crippen LogP contribution in [0.4, 0.5) is 0 Å². The molecule has 1 saturated carbocycles. The Morgan fingerprint density at radius 3 is 2.90 bits per heavy atom. The number of hydrogen-bond acceptors (Lipinski definition) is 3. The molecule has 0 saturated heterocycles. The third-order valence-corrected chi connectivity index (χ3v) is 3.85. The van der Waals surface area contributed by atoms with Crippen molar-refractivity contribution < 1.29 is 14.3 Å². The van der Waals surface area contributed by atoms with Crippen LogP contribution in [0.1, 0.15) is 42.2 Å². The van der Waals surface area contributed by atoms with E-state index in [9.17, 15) is 4.79 Å². The molecule has 1 aliphatic carbocycles. The molecule has 2 rings (SSSR count). The fourth-order valence-corrected chi connectivity index (χ4v) is 2.59. The first kappa shape index (κ1) is 16.5. The first-order valence-corrected chi connectivity index (χ1v) is 8.24. The molecule has 1 fully saturated rings. The van der Waals surface area contributed by atoms with Crippen molar-refractivity contribution in [1.29, 1.82) is 0 Å². The Bertz CT molecular complexity index is 458. The Hall–Kier alpha value is -0.850. The fourth-order valence-electron chi connectivity index (χ4n) is 2.15. The highest BCUT2D eigenvalue weighted by molar-refractivity contribution is 9.10. The number of amides is 1. The van der Waals surface area contributed by atoms with Crippen LogP contribution in [0.5, 0.6) is 0 Å². The molecule has 0 aromatic carbocycles. The summed E-state index contributed by atoms with van der Waals surface area (Å²) >= 11 is 3.44. The Kier molecular flexibility index (Phi) is 6.73. The van der Waals surface area contributed by atoms with Gasteiger partial charge in [-0.15, -0.1) is 0 Å². The Morgan fingerprint density at radius 2 is 2.19 bits per heavy atom. The Morgan fingerprint density at radius 1 is 1.38 bits per heavy atom. The maximum absolute atomic E-state index is 12.2. The molecule has 6 heteroatoms. The second-order valence-electron chi connectivity index (χ2n) is 5.25. The number of methoxy groups -OCH3 is 1. The van der Waals surface area contributed by atoms with Crippen LogP contribution in [0.3, 0.4) is 0 Å². The van der Waals surface area contributed by atoms with Crippen LogP contribution in [0.15, 0.2) is 16.7 Å². The van der Waals surface area contributed by atoms with E-state index in [4.69, 9.17) is 9.47 Å². The summed E-state index contributed by atoms with van der Waals surface area (Å²) in [5.41, 5.74) is 0.751. The molecule has 0 unspecified atom stereocenters. The zero-order valence-electron chi connectivity index (χ0n) is 12.4. The third kappa shape index (κ3) is 5.45. The van der Waals surface area contributed by atoms with Gasteiger partial charge in [-0.25, -0.2) is 0 Å². The van der Waals surface area contributed by atoms with Gasteiger partial charge in [0.05, 0.1) is 13.2 Å². The lowest BCUT2D eigenvalue weighted by Crippen LogP contribution is -2.26. The summed E-state index contributed by atoms with van der Waals surface area (Å²) < 4.78 is 13.3. The van der Waals surface area contributed by atoms with Crippen molar-refractivity contribution in [2.24, 2.45) is 0 Å². The molecule has 5 nitrogen and oxygen atoms in total. The largest absolute Gasteiger partial charge is 0.382 e. The highest BCUT2D eigenvalue weighted by atomic mass is 79.9. The molecule has 0 bridgehead atoms. The number of nitrogens with one attached hydrogen (secondary N) is 1. The quantitative estimate of drug-likeness (QED) is 0.654. The molecule has 0 atom stereocenters. The molecule has 1 amide bonds. The predicted octanol–water partition coefficient (Wildman–Crippen LogP) is 2.76. The zero-order valence-corrected chi connectivity index (χ0v) is 14.0. The lowest BCUT2D eigenvalue weighted by Gasteiger charge is -2.08. The van der Waals surface area contributed by atoms with Crippen molar-refractivity contribution >= 4 is 21.8 Å². The predicted molar refractivity (Wildman–Crippen MR) is 84.7 cm³/mol. The smallest absolute Gasteiger partial charge is 0.267 e. The van der Waals surface area contributed by atoms with Crippen LogP contribution in [0.2, 0.25) is 0 Å². The van der Waals surface area contributed by atoms with Crippen molar-refractivity contribution in [3.05, 3.63) is 22.4 Å². The number of ether oxygens (including phenoxy) is 2. The van der Waals surface area contributed by atoms with Gasteiger partial charge >= 0.3 is 0 Å². The Balaban J connectivity index is 1.63. The van der Waals surface area contributed by atoms with E-state index in [2.05, 4.69) is 25.8 Å². The molecule has 1 aromatic heterocycles. The van der Waals surface area contributed by atoms with Crippen LogP contribution < -0.4 is 5.32 Å². The number of rotatable bonds is 10. The standard InChI is InChI=1S/C15H23BrN2O3/c1-20-8-9-21-7-3-2-6-17-15(19)14-10-12(16)11-18(14)13-4-5-13/h10-11,13H,2-9H2,1H3,(H,17,19). The van der Waals surface area contributed by atoms with Crippen molar-refractivity contribution in [1.82, 2.24) is 9.88 Å². The normalized spacial score (nSPS) is 14.4. The van der Waals surface area contributed by atoms with Gasteiger partial charge < -0.3 is 19.4 Å². The number of hydrogen-bond donors (Lipinski definition) is 1. The molecule has 21 heavy (non-hydrogen) atoms. The molecular weight excluding hydrogens is 336 g/mol. The number of carbonyl (C=O) groups excluding carboxylic acids is 1. The van der Waals surface area contributed by atoms with Crippen LogP contribution in [-0.4, -0.2) is 43.9 Å². The molecular formula is C15H23BrN2O3. The van der Waals surface area contributed by atoms with Crippen LogP contribution >= 0.6 is 15.9 Å². The van der Waals surface area contributed by atoms with Gasteiger partial charge in [0.25, 0.3) is 5.91 Å². The van der Waals surface area contributed by atoms with Crippen LogP contribution in [-0.2, 0) is 9.47 Å². The van der Waals surface area contributed by atoms with E-state index in [1.165, 1.54) is 12.8 Å². The van der Waals surface area contributed by atoms with Crippen molar-refractivity contribution in [3.8, 4) is 0 Å². The van der Waals surface area contributed by atoms with E-state index >= 15 is 0 Å². The van der Waals surface area contributed by atoms with Gasteiger partial charge in [-0.1, -0.05) is 0 Å². The summed E-state index contributed by atoms with van der Waals surface area (Å²) in [5, 5.41) is 2.98. The average Bonchev–Trinajstić information content (AvgIpc) is 3.24. The summed E-state index contributed by atoms with van der Waals surface area (Å²) in [6.45, 7) is 2.65. The van der Waals surface area contributed by atoms with E-state index in [0.29, 0.717) is 32.4 Å². The monoisotopic (exact) mass is 358 g/mol. The summed E-state index contributed by atoms with van der Waals surface area (Å²) in [6, 6.07) is 2.40. The maximum atomic E-state index is 12.2. The first-order valence-electron chi connectivity index (χ1n) is 7.44. The van der Waals surface area contributed by atoms with Gasteiger partial charge in [-0.2, -0.15) is 0 Å². The fraction of sp³-hybridized carbons (Fsp3) is 0.667. The molecule has 118 valence electrons. The first-order chi connectivity index (χ1) is 10.2. The molecule has 1 heterocycles. The summed E-state index contributed by atoms with van der Waals surface area (Å²) in [5.74, 6) is 0.00732. The SMILES string of the molecule is COCCOCCCCNC(=O)c1cc(Br)cn1C1CC1. The zero-order chi connectivity index (χ0) is 15.1. The number of aromatic nitrogens is 1. The van der Waals surface area contributed by atoms with Gasteiger partial charge in [0.15, 0.2) is 0 Å². The van der Waals surface area contributed by atoms with E-state index in [0.717, 1.165) is 23.0 Å². The van der Waals surface area contributed by atoms with Gasteiger partial charge in [0, 0.05) is 37.0 Å². The summed E-state index contributed by atoms with van der Waals surface area (Å²) in [4.78, 5) is 12.2. The second-order valence-corrected chi connectivity index (χ2v) is 6.17. The minimum Gasteiger partial charge on any atom is -0.382 e. The van der Waals surface area contributed by atoms with Crippen molar-refractivity contribution in [3.63, 3.8) is 0 Å². The lowest BCUT2D eigenvalue weighted by atomic mass is 10.3. The number of halogens is 1. The van der Waals surface area contributed by atoms with Crippen LogP contribution in [0, 0.1) is 0 Å². The van der Waals surface area contributed by atoms with E-state index in [1.807, 2.05) is 12.3 Å². The van der Waals surface area contributed by atoms with E-state index in [-0.39, 0.29) is 5.91 Å². The van der Waals surface area contributed by atoms with Gasteiger partial charge in [0.1, 0.15) is 5.69 Å². The molecule has 0 aliphatic heterocycles. The summed E-state index contributed by atoms with van der Waals surface area (Å²) in [7, 11) is 1.66. The number of unbranched alkanes of at least 4 members (excludes halogenated alkanes) is 1. The number of nitrogens with zero attached hydrogens (tertiary/aromatic N) is 1. The maximum Gasteiger partial charge on any atom is 0.267 e. The van der Waals surface area contributed by atoms with E-state index in [1.54, 1.807) is 7.11 Å². The minimum absolute atomic E-state index is 0.00732. The molecule has 1 N–H and O–H groups in total. The average molecular weight is 359 g/mol. The van der Waals surface area contributed by atoms with Crippen LogP contribution in [0.25, 0.3) is 0 Å².